The van der Waals surface area contributed by atoms with Gasteiger partial charge in [0.1, 0.15) is 5.75 Å². The van der Waals surface area contributed by atoms with E-state index < -0.39 is 0 Å². The fourth-order valence-corrected chi connectivity index (χ4v) is 2.80. The largest absolute Gasteiger partial charge is 0.507 e. The standard InChI is InChI=1S/C12H16BrNO/c1-7-6-9(13)8(2)11(12(7)15)10-4-3-5-14-10/h6,10,14-15H,3-5H2,1-2H3. The molecule has 1 aliphatic rings. The van der Waals surface area contributed by atoms with E-state index in [1.807, 2.05) is 13.0 Å². The van der Waals surface area contributed by atoms with Crippen LogP contribution in [0.5, 0.6) is 5.75 Å². The Labute approximate surface area is 98.8 Å². The number of rotatable bonds is 1. The van der Waals surface area contributed by atoms with Gasteiger partial charge in [0.15, 0.2) is 0 Å². The van der Waals surface area contributed by atoms with E-state index in [0.29, 0.717) is 11.8 Å². The maximum atomic E-state index is 10.1. The molecule has 1 aromatic rings. The molecule has 2 rings (SSSR count). The van der Waals surface area contributed by atoms with Crippen LogP contribution in [0.1, 0.15) is 35.6 Å². The summed E-state index contributed by atoms with van der Waals surface area (Å²) in [5.41, 5.74) is 3.16. The summed E-state index contributed by atoms with van der Waals surface area (Å²) in [6.07, 6.45) is 2.30. The first-order valence-corrected chi connectivity index (χ1v) is 6.12. The summed E-state index contributed by atoms with van der Waals surface area (Å²) < 4.78 is 1.08. The van der Waals surface area contributed by atoms with Crippen molar-refractivity contribution in [1.82, 2.24) is 5.32 Å². The van der Waals surface area contributed by atoms with Crippen LogP contribution in [0, 0.1) is 13.8 Å². The minimum Gasteiger partial charge on any atom is -0.507 e. The van der Waals surface area contributed by atoms with Crippen LogP contribution >= 0.6 is 15.9 Å². The summed E-state index contributed by atoms with van der Waals surface area (Å²) in [6.45, 7) is 5.05. The van der Waals surface area contributed by atoms with Crippen molar-refractivity contribution in [2.45, 2.75) is 32.7 Å². The van der Waals surface area contributed by atoms with Crippen molar-refractivity contribution in [3.05, 3.63) is 27.2 Å². The van der Waals surface area contributed by atoms with Gasteiger partial charge < -0.3 is 10.4 Å². The summed E-state index contributed by atoms with van der Waals surface area (Å²) >= 11 is 3.54. The highest BCUT2D eigenvalue weighted by atomic mass is 79.9. The second-order valence-electron chi connectivity index (χ2n) is 4.21. The third-order valence-corrected chi connectivity index (χ3v) is 3.97. The van der Waals surface area contributed by atoms with Crippen LogP contribution in [-0.2, 0) is 0 Å². The van der Waals surface area contributed by atoms with E-state index in [4.69, 9.17) is 0 Å². The Morgan fingerprint density at radius 2 is 2.20 bits per heavy atom. The molecule has 0 radical (unpaired) electrons. The molecular weight excluding hydrogens is 254 g/mol. The lowest BCUT2D eigenvalue weighted by Crippen LogP contribution is -2.14. The molecule has 1 aromatic carbocycles. The van der Waals surface area contributed by atoms with E-state index in [2.05, 4.69) is 28.2 Å². The van der Waals surface area contributed by atoms with E-state index in [1.165, 1.54) is 6.42 Å². The first-order chi connectivity index (χ1) is 7.11. The molecule has 2 nitrogen and oxygen atoms in total. The first-order valence-electron chi connectivity index (χ1n) is 5.33. The minimum absolute atomic E-state index is 0.321. The van der Waals surface area contributed by atoms with Crippen molar-refractivity contribution in [1.29, 1.82) is 0 Å². The van der Waals surface area contributed by atoms with Gasteiger partial charge in [-0.1, -0.05) is 15.9 Å². The molecule has 0 saturated carbocycles. The number of hydrogen-bond donors (Lipinski definition) is 2. The number of phenols is 1. The zero-order valence-electron chi connectivity index (χ0n) is 9.10. The van der Waals surface area contributed by atoms with Crippen LogP contribution in [0.3, 0.4) is 0 Å². The van der Waals surface area contributed by atoms with Gasteiger partial charge in [-0.15, -0.1) is 0 Å². The fourth-order valence-electron chi connectivity index (χ4n) is 2.24. The van der Waals surface area contributed by atoms with Crippen molar-refractivity contribution >= 4 is 15.9 Å². The van der Waals surface area contributed by atoms with Crippen molar-refractivity contribution in [2.75, 3.05) is 6.54 Å². The van der Waals surface area contributed by atoms with Gasteiger partial charge in [0.25, 0.3) is 0 Å². The lowest BCUT2D eigenvalue weighted by molar-refractivity contribution is 0.451. The number of halogens is 1. The van der Waals surface area contributed by atoms with Crippen molar-refractivity contribution in [3.8, 4) is 5.75 Å². The Hall–Kier alpha value is -0.540. The van der Waals surface area contributed by atoms with Gasteiger partial charge in [-0.2, -0.15) is 0 Å². The second kappa shape index (κ2) is 4.14. The molecule has 3 heteroatoms. The van der Waals surface area contributed by atoms with Crippen molar-refractivity contribution < 1.29 is 5.11 Å². The lowest BCUT2D eigenvalue weighted by atomic mass is 9.96. The van der Waals surface area contributed by atoms with Crippen molar-refractivity contribution in [3.63, 3.8) is 0 Å². The Kier molecular flexibility index (Phi) is 3.03. The Morgan fingerprint density at radius 3 is 2.80 bits per heavy atom. The van der Waals surface area contributed by atoms with Crippen LogP contribution < -0.4 is 5.32 Å². The Bertz CT molecular complexity index is 357. The maximum absolute atomic E-state index is 10.1. The van der Waals surface area contributed by atoms with Gasteiger partial charge in [0, 0.05) is 16.1 Å². The fraction of sp³-hybridized carbons (Fsp3) is 0.500. The average Bonchev–Trinajstić information content (AvgIpc) is 2.69. The number of nitrogens with one attached hydrogen (secondary N) is 1. The first kappa shape index (κ1) is 11.0. The smallest absolute Gasteiger partial charge is 0.123 e. The van der Waals surface area contributed by atoms with Crippen LogP contribution in [0.4, 0.5) is 0 Å². The van der Waals surface area contributed by atoms with E-state index >= 15 is 0 Å². The summed E-state index contributed by atoms with van der Waals surface area (Å²) in [5.74, 6) is 0.454. The SMILES string of the molecule is Cc1cc(Br)c(C)c(C2CCCN2)c1O. The molecule has 1 heterocycles. The van der Waals surface area contributed by atoms with Gasteiger partial charge >= 0.3 is 0 Å². The molecular formula is C12H16BrNO. The van der Waals surface area contributed by atoms with Crippen LogP contribution in [0.25, 0.3) is 0 Å². The molecule has 0 aliphatic carbocycles. The normalized spacial score (nSPS) is 20.9. The summed E-state index contributed by atoms with van der Waals surface area (Å²) in [4.78, 5) is 0. The lowest BCUT2D eigenvalue weighted by Gasteiger charge is -2.18. The third kappa shape index (κ3) is 1.91. The number of benzene rings is 1. The van der Waals surface area contributed by atoms with Crippen LogP contribution in [0.15, 0.2) is 10.5 Å². The van der Waals surface area contributed by atoms with E-state index in [0.717, 1.165) is 34.1 Å². The van der Waals surface area contributed by atoms with Crippen LogP contribution in [0.2, 0.25) is 0 Å². The molecule has 1 unspecified atom stereocenters. The van der Waals surface area contributed by atoms with E-state index in [9.17, 15) is 5.11 Å². The zero-order chi connectivity index (χ0) is 11.0. The molecule has 0 bridgehead atoms. The molecule has 0 amide bonds. The second-order valence-corrected chi connectivity index (χ2v) is 5.07. The molecule has 1 atom stereocenters. The summed E-state index contributed by atoms with van der Waals surface area (Å²) in [7, 11) is 0. The van der Waals surface area contributed by atoms with Gasteiger partial charge in [0.05, 0.1) is 0 Å². The molecule has 82 valence electrons. The molecule has 1 fully saturated rings. The van der Waals surface area contributed by atoms with Crippen molar-refractivity contribution in [2.24, 2.45) is 0 Å². The van der Waals surface area contributed by atoms with Gasteiger partial charge in [-0.05, 0) is 50.4 Å². The molecule has 2 N–H and O–H groups in total. The highest BCUT2D eigenvalue weighted by Crippen LogP contribution is 2.38. The predicted octanol–water partition coefficient (Wildman–Crippen LogP) is 3.20. The summed E-state index contributed by atoms with van der Waals surface area (Å²) in [6, 6.07) is 2.30. The van der Waals surface area contributed by atoms with E-state index in [-0.39, 0.29) is 0 Å². The van der Waals surface area contributed by atoms with Gasteiger partial charge in [-0.25, -0.2) is 0 Å². The predicted molar refractivity (Wildman–Crippen MR) is 65.3 cm³/mol. The highest BCUT2D eigenvalue weighted by Gasteiger charge is 2.23. The average molecular weight is 270 g/mol. The van der Waals surface area contributed by atoms with Gasteiger partial charge in [0.2, 0.25) is 0 Å². The summed E-state index contributed by atoms with van der Waals surface area (Å²) in [5, 5.41) is 13.5. The molecule has 0 aromatic heterocycles. The van der Waals surface area contributed by atoms with Crippen LogP contribution in [-0.4, -0.2) is 11.7 Å². The van der Waals surface area contributed by atoms with Gasteiger partial charge in [-0.3, -0.25) is 0 Å². The number of phenolic OH excluding ortho intramolecular Hbond substituents is 1. The Balaban J connectivity index is 2.52. The maximum Gasteiger partial charge on any atom is 0.123 e. The topological polar surface area (TPSA) is 32.3 Å². The third-order valence-electron chi connectivity index (χ3n) is 3.14. The number of aromatic hydroxyl groups is 1. The molecule has 0 spiro atoms. The number of hydrogen-bond acceptors (Lipinski definition) is 2. The quantitative estimate of drug-likeness (QED) is 0.821. The minimum atomic E-state index is 0.321. The highest BCUT2D eigenvalue weighted by molar-refractivity contribution is 9.10. The molecule has 15 heavy (non-hydrogen) atoms. The monoisotopic (exact) mass is 269 g/mol. The van der Waals surface area contributed by atoms with E-state index in [1.54, 1.807) is 0 Å². The Morgan fingerprint density at radius 1 is 1.47 bits per heavy atom. The molecule has 1 saturated heterocycles. The molecule has 1 aliphatic heterocycles. The zero-order valence-corrected chi connectivity index (χ0v) is 10.7. The number of aryl methyl sites for hydroxylation is 1.